The smallest absolute Gasteiger partial charge is 0.245 e. The first-order valence-corrected chi connectivity index (χ1v) is 8.99. The number of likely N-dealkylation sites (N-methyl/N-ethyl adjacent to an activating group) is 1. The highest BCUT2D eigenvalue weighted by Gasteiger charge is 2.32. The van der Waals surface area contributed by atoms with Crippen molar-refractivity contribution in [3.63, 3.8) is 0 Å². The lowest BCUT2D eigenvalue weighted by molar-refractivity contribution is -0.134. The maximum Gasteiger partial charge on any atom is 0.245 e. The van der Waals surface area contributed by atoms with Gasteiger partial charge in [-0.05, 0) is 25.0 Å². The molecule has 2 amide bonds. The molecular weight excluding hydrogens is 332 g/mol. The fourth-order valence-corrected chi connectivity index (χ4v) is 4.19. The third-order valence-electron chi connectivity index (χ3n) is 3.79. The van der Waals surface area contributed by atoms with E-state index in [9.17, 15) is 9.59 Å². The van der Waals surface area contributed by atoms with Gasteiger partial charge in [0.15, 0.2) is 5.13 Å². The summed E-state index contributed by atoms with van der Waals surface area (Å²) in [7, 11) is 1.66. The van der Waals surface area contributed by atoms with E-state index in [1.807, 2.05) is 12.1 Å². The van der Waals surface area contributed by atoms with Crippen molar-refractivity contribution in [1.82, 2.24) is 14.9 Å². The molecule has 0 aliphatic heterocycles. The first-order valence-electron chi connectivity index (χ1n) is 7.29. The maximum atomic E-state index is 12.1. The van der Waals surface area contributed by atoms with Crippen LogP contribution in [0.2, 0.25) is 0 Å². The van der Waals surface area contributed by atoms with Crippen LogP contribution >= 0.6 is 22.7 Å². The number of amides is 2. The van der Waals surface area contributed by atoms with Crippen LogP contribution in [-0.2, 0) is 9.59 Å². The Bertz CT molecular complexity index is 913. The van der Waals surface area contributed by atoms with Crippen molar-refractivity contribution in [3.05, 3.63) is 17.6 Å². The van der Waals surface area contributed by atoms with Crippen molar-refractivity contribution in [2.45, 2.75) is 12.8 Å². The molecule has 1 aliphatic carbocycles. The lowest BCUT2D eigenvalue weighted by atomic mass is 10.3. The molecule has 0 bridgehead atoms. The summed E-state index contributed by atoms with van der Waals surface area (Å²) in [6.45, 7) is 0.0529. The molecule has 1 fully saturated rings. The van der Waals surface area contributed by atoms with Gasteiger partial charge in [-0.2, -0.15) is 0 Å². The Kier molecular flexibility index (Phi) is 3.50. The molecule has 23 heavy (non-hydrogen) atoms. The average molecular weight is 346 g/mol. The zero-order valence-corrected chi connectivity index (χ0v) is 14.0. The van der Waals surface area contributed by atoms with Gasteiger partial charge < -0.3 is 10.2 Å². The van der Waals surface area contributed by atoms with Crippen molar-refractivity contribution in [2.75, 3.05) is 18.9 Å². The Labute approximate surface area is 140 Å². The average Bonchev–Trinajstić information content (AvgIpc) is 3.10. The van der Waals surface area contributed by atoms with Crippen molar-refractivity contribution in [2.24, 2.45) is 5.92 Å². The molecule has 0 spiro atoms. The first-order chi connectivity index (χ1) is 11.1. The summed E-state index contributed by atoms with van der Waals surface area (Å²) in [5, 5.41) is 3.32. The Hall–Kier alpha value is -2.06. The molecule has 2 heterocycles. The Balaban J connectivity index is 1.50. The van der Waals surface area contributed by atoms with Crippen molar-refractivity contribution in [1.29, 1.82) is 0 Å². The summed E-state index contributed by atoms with van der Waals surface area (Å²) in [5.41, 5.74) is 3.55. The predicted molar refractivity (Wildman–Crippen MR) is 91.8 cm³/mol. The monoisotopic (exact) mass is 346 g/mol. The molecule has 1 aromatic carbocycles. The van der Waals surface area contributed by atoms with Crippen molar-refractivity contribution < 1.29 is 9.59 Å². The second-order valence-corrected chi connectivity index (χ2v) is 7.53. The highest BCUT2D eigenvalue weighted by molar-refractivity contribution is 7.24. The fourth-order valence-electron chi connectivity index (χ4n) is 2.46. The number of hydrogen-bond acceptors (Lipinski definition) is 6. The fraction of sp³-hybridized carbons (Fsp3) is 0.333. The van der Waals surface area contributed by atoms with Gasteiger partial charge in [0.05, 0.1) is 27.0 Å². The van der Waals surface area contributed by atoms with Gasteiger partial charge in [-0.25, -0.2) is 9.97 Å². The van der Waals surface area contributed by atoms with Gasteiger partial charge in [-0.3, -0.25) is 9.59 Å². The number of carbonyl (C=O) groups is 2. The van der Waals surface area contributed by atoms with Gasteiger partial charge in [-0.1, -0.05) is 11.3 Å². The van der Waals surface area contributed by atoms with Gasteiger partial charge in [0.25, 0.3) is 0 Å². The number of hydrogen-bond donors (Lipinski definition) is 1. The zero-order valence-electron chi connectivity index (χ0n) is 12.4. The highest BCUT2D eigenvalue weighted by Crippen LogP contribution is 2.33. The van der Waals surface area contributed by atoms with E-state index in [-0.39, 0.29) is 24.3 Å². The number of nitrogens with zero attached hydrogens (tertiary/aromatic N) is 3. The van der Waals surface area contributed by atoms with E-state index in [1.54, 1.807) is 23.9 Å². The third-order valence-corrected chi connectivity index (χ3v) is 5.57. The second kappa shape index (κ2) is 5.54. The Morgan fingerprint density at radius 3 is 3.00 bits per heavy atom. The third kappa shape index (κ3) is 2.79. The molecule has 0 unspecified atom stereocenters. The number of aromatic nitrogens is 2. The number of anilines is 1. The molecule has 0 saturated heterocycles. The molecule has 8 heteroatoms. The van der Waals surface area contributed by atoms with Crippen LogP contribution < -0.4 is 5.32 Å². The molecule has 4 rings (SSSR count). The molecule has 0 radical (unpaired) electrons. The van der Waals surface area contributed by atoms with Crippen LogP contribution in [0.15, 0.2) is 17.6 Å². The van der Waals surface area contributed by atoms with E-state index >= 15 is 0 Å². The van der Waals surface area contributed by atoms with Crippen molar-refractivity contribution >= 4 is 60.1 Å². The minimum Gasteiger partial charge on any atom is -0.336 e. The molecule has 1 N–H and O–H groups in total. The Morgan fingerprint density at radius 2 is 2.22 bits per heavy atom. The molecule has 1 saturated carbocycles. The molecule has 0 atom stereocenters. The summed E-state index contributed by atoms with van der Waals surface area (Å²) < 4.78 is 2.08. The summed E-state index contributed by atoms with van der Waals surface area (Å²) in [5.74, 6) is -0.0584. The SMILES string of the molecule is CN(CC(=O)Nc1nc2ccc3scnc3c2s1)C(=O)C1CC1. The number of rotatable bonds is 4. The molecule has 2 aromatic heterocycles. The van der Waals surface area contributed by atoms with Crippen molar-refractivity contribution in [3.8, 4) is 0 Å². The number of thiazole rings is 2. The van der Waals surface area contributed by atoms with Crippen LogP contribution in [0.5, 0.6) is 0 Å². The molecule has 6 nitrogen and oxygen atoms in total. The van der Waals surface area contributed by atoms with Crippen LogP contribution in [0.1, 0.15) is 12.8 Å². The van der Waals surface area contributed by atoms with Crippen LogP contribution in [0.25, 0.3) is 20.4 Å². The lowest BCUT2D eigenvalue weighted by Gasteiger charge is -2.15. The summed E-state index contributed by atoms with van der Waals surface area (Å²) in [4.78, 5) is 34.3. The number of nitrogens with one attached hydrogen (secondary N) is 1. The number of benzene rings is 1. The van der Waals surface area contributed by atoms with E-state index in [0.29, 0.717) is 5.13 Å². The quantitative estimate of drug-likeness (QED) is 0.788. The summed E-state index contributed by atoms with van der Waals surface area (Å²) in [6.07, 6.45) is 1.87. The van der Waals surface area contributed by atoms with Crippen LogP contribution in [0.3, 0.4) is 0 Å². The predicted octanol–water partition coefficient (Wildman–Crippen LogP) is 2.71. The largest absolute Gasteiger partial charge is 0.336 e. The second-order valence-electron chi connectivity index (χ2n) is 5.65. The van der Waals surface area contributed by atoms with E-state index in [2.05, 4.69) is 15.3 Å². The van der Waals surface area contributed by atoms with Crippen LogP contribution in [0, 0.1) is 5.92 Å². The molecule has 1 aliphatic rings. The van der Waals surface area contributed by atoms with Gasteiger partial charge >= 0.3 is 0 Å². The van der Waals surface area contributed by atoms with Gasteiger partial charge in [-0.15, -0.1) is 11.3 Å². The minimum atomic E-state index is -0.227. The molecule has 118 valence electrons. The first kappa shape index (κ1) is 14.5. The standard InChI is InChI=1S/C15H14N4O2S2/c1-19(14(21)8-2-3-8)6-11(20)18-15-17-9-4-5-10-12(13(9)23-15)16-7-22-10/h4-5,7-8H,2-3,6H2,1H3,(H,17,18,20). The minimum absolute atomic E-state index is 0.0497. The zero-order chi connectivity index (χ0) is 16.0. The molecular formula is C15H14N4O2S2. The van der Waals surface area contributed by atoms with Gasteiger partial charge in [0.1, 0.15) is 5.52 Å². The van der Waals surface area contributed by atoms with E-state index < -0.39 is 0 Å². The molecule has 3 aromatic rings. The Morgan fingerprint density at radius 1 is 1.39 bits per heavy atom. The van der Waals surface area contributed by atoms with E-state index in [0.717, 1.165) is 33.3 Å². The normalized spacial score (nSPS) is 14.3. The summed E-state index contributed by atoms with van der Waals surface area (Å²) in [6, 6.07) is 3.92. The highest BCUT2D eigenvalue weighted by atomic mass is 32.1. The topological polar surface area (TPSA) is 75.2 Å². The van der Waals surface area contributed by atoms with Gasteiger partial charge in [0.2, 0.25) is 11.8 Å². The van der Waals surface area contributed by atoms with E-state index in [1.165, 1.54) is 16.2 Å². The lowest BCUT2D eigenvalue weighted by Crippen LogP contribution is -2.35. The maximum absolute atomic E-state index is 12.1. The van der Waals surface area contributed by atoms with Crippen LogP contribution in [0.4, 0.5) is 5.13 Å². The van der Waals surface area contributed by atoms with Crippen LogP contribution in [-0.4, -0.2) is 40.3 Å². The number of carbonyl (C=O) groups excluding carboxylic acids is 2. The number of fused-ring (bicyclic) bond motifs is 3. The summed E-state index contributed by atoms with van der Waals surface area (Å²) >= 11 is 2.99. The van der Waals surface area contributed by atoms with Gasteiger partial charge in [0, 0.05) is 13.0 Å². The van der Waals surface area contributed by atoms with E-state index in [4.69, 9.17) is 0 Å².